The molecule has 0 saturated carbocycles. The molecule has 0 aliphatic carbocycles. The van der Waals surface area contributed by atoms with E-state index in [1.54, 1.807) is 17.4 Å². The van der Waals surface area contributed by atoms with Crippen LogP contribution in [0.25, 0.3) is 0 Å². The molecule has 1 aliphatic heterocycles. The Morgan fingerprint density at radius 2 is 2.21 bits per heavy atom. The predicted octanol–water partition coefficient (Wildman–Crippen LogP) is 2.87. The van der Waals surface area contributed by atoms with Crippen molar-refractivity contribution in [1.29, 1.82) is 0 Å². The number of hydrogen-bond acceptors (Lipinski definition) is 4. The number of hydrogen-bond donors (Lipinski definition) is 1. The summed E-state index contributed by atoms with van der Waals surface area (Å²) < 4.78 is 0. The van der Waals surface area contributed by atoms with Crippen molar-refractivity contribution in [3.05, 3.63) is 46.3 Å². The predicted molar refractivity (Wildman–Crippen MR) is 94.9 cm³/mol. The van der Waals surface area contributed by atoms with Crippen LogP contribution in [0, 0.1) is 12.8 Å². The lowest BCUT2D eigenvalue weighted by atomic mass is 9.97. The molecule has 24 heavy (non-hydrogen) atoms. The third-order valence-electron chi connectivity index (χ3n) is 4.19. The summed E-state index contributed by atoms with van der Waals surface area (Å²) in [6.07, 6.45) is 2.08. The summed E-state index contributed by atoms with van der Waals surface area (Å²) in [6, 6.07) is 9.47. The van der Waals surface area contributed by atoms with Crippen LogP contribution in [0.15, 0.2) is 35.7 Å². The molecule has 2 amide bonds. The molecule has 1 unspecified atom stereocenters. The van der Waals surface area contributed by atoms with Crippen molar-refractivity contribution in [2.24, 2.45) is 5.92 Å². The molecule has 2 aromatic heterocycles. The van der Waals surface area contributed by atoms with Crippen molar-refractivity contribution in [2.75, 3.05) is 18.4 Å². The third-order valence-corrected chi connectivity index (χ3v) is 5.07. The number of pyridine rings is 1. The summed E-state index contributed by atoms with van der Waals surface area (Å²) in [5.74, 6) is 0.445. The standard InChI is InChI=1S/C18H21N3O2S/c1-13-5-2-8-16(19-13)20-18(23)14-6-3-9-21(12-14)17(22)11-15-7-4-10-24-15/h2,4-5,7-8,10,14H,3,6,9,11-12H2,1H3,(H,19,20,23). The lowest BCUT2D eigenvalue weighted by Crippen LogP contribution is -2.44. The van der Waals surface area contributed by atoms with Crippen LogP contribution in [0.4, 0.5) is 5.82 Å². The first-order chi connectivity index (χ1) is 11.6. The number of carbonyl (C=O) groups is 2. The zero-order chi connectivity index (χ0) is 16.9. The van der Waals surface area contributed by atoms with E-state index in [9.17, 15) is 9.59 Å². The van der Waals surface area contributed by atoms with Crippen LogP contribution in [0.1, 0.15) is 23.4 Å². The summed E-state index contributed by atoms with van der Waals surface area (Å²) in [7, 11) is 0. The highest BCUT2D eigenvalue weighted by atomic mass is 32.1. The maximum Gasteiger partial charge on any atom is 0.230 e. The van der Waals surface area contributed by atoms with Gasteiger partial charge < -0.3 is 10.2 Å². The third kappa shape index (κ3) is 4.20. The highest BCUT2D eigenvalue weighted by Gasteiger charge is 2.28. The van der Waals surface area contributed by atoms with Gasteiger partial charge in [-0.05, 0) is 43.3 Å². The van der Waals surface area contributed by atoms with Gasteiger partial charge in [0.25, 0.3) is 0 Å². The second kappa shape index (κ2) is 7.57. The maximum absolute atomic E-state index is 12.5. The molecule has 1 aliphatic rings. The number of anilines is 1. The van der Waals surface area contributed by atoms with Gasteiger partial charge in [0.1, 0.15) is 5.82 Å². The number of nitrogens with zero attached hydrogens (tertiary/aromatic N) is 2. The van der Waals surface area contributed by atoms with E-state index >= 15 is 0 Å². The molecule has 2 aromatic rings. The van der Waals surface area contributed by atoms with Crippen LogP contribution >= 0.6 is 11.3 Å². The second-order valence-corrected chi connectivity index (χ2v) is 7.12. The van der Waals surface area contributed by atoms with Gasteiger partial charge in [0.05, 0.1) is 12.3 Å². The SMILES string of the molecule is Cc1cccc(NC(=O)C2CCCN(C(=O)Cc3cccs3)C2)n1. The van der Waals surface area contributed by atoms with Crippen molar-refractivity contribution in [3.8, 4) is 0 Å². The van der Waals surface area contributed by atoms with E-state index in [0.29, 0.717) is 18.8 Å². The first-order valence-electron chi connectivity index (χ1n) is 8.16. The molecule has 3 rings (SSSR count). The minimum Gasteiger partial charge on any atom is -0.342 e. The Kier molecular flexibility index (Phi) is 5.25. The van der Waals surface area contributed by atoms with Gasteiger partial charge in [-0.3, -0.25) is 9.59 Å². The molecular weight excluding hydrogens is 322 g/mol. The van der Waals surface area contributed by atoms with Crippen molar-refractivity contribution in [3.63, 3.8) is 0 Å². The molecule has 1 N–H and O–H groups in total. The number of piperidine rings is 1. The number of likely N-dealkylation sites (tertiary alicyclic amines) is 1. The Hall–Kier alpha value is -2.21. The Labute approximate surface area is 145 Å². The monoisotopic (exact) mass is 343 g/mol. The molecule has 1 fully saturated rings. The molecule has 6 heteroatoms. The number of aromatic nitrogens is 1. The average Bonchev–Trinajstić information content (AvgIpc) is 3.08. The van der Waals surface area contributed by atoms with Gasteiger partial charge in [0.2, 0.25) is 11.8 Å². The smallest absolute Gasteiger partial charge is 0.230 e. The molecular formula is C18H21N3O2S. The zero-order valence-corrected chi connectivity index (χ0v) is 14.5. The lowest BCUT2D eigenvalue weighted by molar-refractivity contribution is -0.133. The molecule has 0 bridgehead atoms. The fourth-order valence-electron chi connectivity index (χ4n) is 2.93. The number of aryl methyl sites for hydroxylation is 1. The highest BCUT2D eigenvalue weighted by Crippen LogP contribution is 2.20. The lowest BCUT2D eigenvalue weighted by Gasteiger charge is -2.32. The van der Waals surface area contributed by atoms with Gasteiger partial charge in [-0.25, -0.2) is 4.98 Å². The summed E-state index contributed by atoms with van der Waals surface area (Å²) in [4.78, 5) is 32.1. The molecule has 0 radical (unpaired) electrons. The molecule has 3 heterocycles. The van der Waals surface area contributed by atoms with E-state index < -0.39 is 0 Å². The van der Waals surface area contributed by atoms with Crippen LogP contribution in [0.2, 0.25) is 0 Å². The first kappa shape index (κ1) is 16.6. The number of rotatable bonds is 4. The number of nitrogens with one attached hydrogen (secondary N) is 1. The summed E-state index contributed by atoms with van der Waals surface area (Å²) >= 11 is 1.59. The number of amides is 2. The minimum atomic E-state index is -0.173. The Morgan fingerprint density at radius 1 is 1.33 bits per heavy atom. The van der Waals surface area contributed by atoms with Gasteiger partial charge in [0.15, 0.2) is 0 Å². The summed E-state index contributed by atoms with van der Waals surface area (Å²) in [5, 5.41) is 4.85. The Morgan fingerprint density at radius 3 is 2.96 bits per heavy atom. The van der Waals surface area contributed by atoms with Crippen molar-refractivity contribution >= 4 is 29.0 Å². The zero-order valence-electron chi connectivity index (χ0n) is 13.7. The molecule has 0 aromatic carbocycles. The van der Waals surface area contributed by atoms with Gasteiger partial charge in [-0.15, -0.1) is 11.3 Å². The van der Waals surface area contributed by atoms with Gasteiger partial charge in [-0.1, -0.05) is 12.1 Å². The van der Waals surface area contributed by atoms with E-state index in [1.165, 1.54) is 0 Å². The van der Waals surface area contributed by atoms with Crippen molar-refractivity contribution in [1.82, 2.24) is 9.88 Å². The maximum atomic E-state index is 12.5. The van der Waals surface area contributed by atoms with E-state index in [1.807, 2.05) is 41.5 Å². The fourth-order valence-corrected chi connectivity index (χ4v) is 3.63. The fraction of sp³-hybridized carbons (Fsp3) is 0.389. The van der Waals surface area contributed by atoms with Gasteiger partial charge >= 0.3 is 0 Å². The van der Waals surface area contributed by atoms with E-state index in [4.69, 9.17) is 0 Å². The van der Waals surface area contributed by atoms with E-state index in [0.717, 1.165) is 30.0 Å². The van der Waals surface area contributed by atoms with E-state index in [-0.39, 0.29) is 17.7 Å². The van der Waals surface area contributed by atoms with Gasteiger partial charge in [0, 0.05) is 23.7 Å². The number of thiophene rings is 1. The molecule has 1 saturated heterocycles. The van der Waals surface area contributed by atoms with Crippen LogP contribution < -0.4 is 5.32 Å². The number of carbonyl (C=O) groups excluding carboxylic acids is 2. The molecule has 0 spiro atoms. The summed E-state index contributed by atoms with van der Waals surface area (Å²) in [5.41, 5.74) is 0.865. The normalized spacial score (nSPS) is 17.5. The van der Waals surface area contributed by atoms with Crippen molar-refractivity contribution in [2.45, 2.75) is 26.2 Å². The topological polar surface area (TPSA) is 62.3 Å². The van der Waals surface area contributed by atoms with Gasteiger partial charge in [-0.2, -0.15) is 0 Å². The minimum absolute atomic E-state index is 0.0540. The first-order valence-corrected chi connectivity index (χ1v) is 9.04. The van der Waals surface area contributed by atoms with Crippen molar-refractivity contribution < 1.29 is 9.59 Å². The van der Waals surface area contributed by atoms with Crippen LogP contribution in [-0.4, -0.2) is 34.8 Å². The van der Waals surface area contributed by atoms with Crippen LogP contribution in [-0.2, 0) is 16.0 Å². The van der Waals surface area contributed by atoms with Crippen LogP contribution in [0.3, 0.4) is 0 Å². The Bertz CT molecular complexity index is 715. The largest absolute Gasteiger partial charge is 0.342 e. The van der Waals surface area contributed by atoms with Crippen LogP contribution in [0.5, 0.6) is 0 Å². The molecule has 1 atom stereocenters. The quantitative estimate of drug-likeness (QED) is 0.928. The second-order valence-electron chi connectivity index (χ2n) is 6.09. The average molecular weight is 343 g/mol. The summed E-state index contributed by atoms with van der Waals surface area (Å²) in [6.45, 7) is 3.11. The van der Waals surface area contributed by atoms with E-state index in [2.05, 4.69) is 10.3 Å². The molecule has 5 nitrogen and oxygen atoms in total. The molecule has 126 valence electrons. The Balaban J connectivity index is 1.58. The highest BCUT2D eigenvalue weighted by molar-refractivity contribution is 7.10.